The van der Waals surface area contributed by atoms with Gasteiger partial charge in [0.25, 0.3) is 5.91 Å². The Hall–Kier alpha value is -2.41. The zero-order valence-corrected chi connectivity index (χ0v) is 12.4. The molecule has 6 nitrogen and oxygen atoms in total. The quantitative estimate of drug-likeness (QED) is 0.915. The number of carbonyl (C=O) groups is 1. The monoisotopic (exact) mass is 322 g/mol. The standard InChI is InChI=1S/C14H12ClFN4O2/c1-22-14-18-10-4-5-20(13(21)11(10)12(17)19-14)7-2-3-8(15)9(16)6-7/h2-3,6H,4-5H2,1H3,(H2,17,18,19). The van der Waals surface area contributed by atoms with Crippen LogP contribution in [0.15, 0.2) is 18.2 Å². The molecular weight excluding hydrogens is 311 g/mol. The summed E-state index contributed by atoms with van der Waals surface area (Å²) in [6, 6.07) is 4.32. The third kappa shape index (κ3) is 2.33. The van der Waals surface area contributed by atoms with E-state index in [0.717, 1.165) is 0 Å². The van der Waals surface area contributed by atoms with E-state index in [4.69, 9.17) is 22.1 Å². The van der Waals surface area contributed by atoms with Crippen molar-refractivity contribution in [3.63, 3.8) is 0 Å². The van der Waals surface area contributed by atoms with Crippen molar-refractivity contribution in [1.29, 1.82) is 0 Å². The van der Waals surface area contributed by atoms with Gasteiger partial charge in [0.15, 0.2) is 0 Å². The lowest BCUT2D eigenvalue weighted by atomic mass is 10.0. The summed E-state index contributed by atoms with van der Waals surface area (Å²) in [7, 11) is 1.43. The van der Waals surface area contributed by atoms with Gasteiger partial charge in [-0.2, -0.15) is 9.97 Å². The van der Waals surface area contributed by atoms with Crippen LogP contribution < -0.4 is 15.4 Å². The van der Waals surface area contributed by atoms with Gasteiger partial charge >= 0.3 is 6.01 Å². The number of hydrogen-bond acceptors (Lipinski definition) is 5. The number of methoxy groups -OCH3 is 1. The number of halogens is 2. The highest BCUT2D eigenvalue weighted by Crippen LogP contribution is 2.29. The molecule has 114 valence electrons. The lowest BCUT2D eigenvalue weighted by Gasteiger charge is -2.28. The summed E-state index contributed by atoms with van der Waals surface area (Å²) >= 11 is 5.66. The molecule has 0 saturated carbocycles. The average molecular weight is 323 g/mol. The van der Waals surface area contributed by atoms with E-state index in [1.807, 2.05) is 0 Å². The minimum atomic E-state index is -0.586. The van der Waals surface area contributed by atoms with Crippen molar-refractivity contribution in [1.82, 2.24) is 9.97 Å². The molecule has 1 amide bonds. The van der Waals surface area contributed by atoms with Crippen LogP contribution >= 0.6 is 11.6 Å². The summed E-state index contributed by atoms with van der Waals surface area (Å²) in [6.07, 6.45) is 0.467. The molecule has 22 heavy (non-hydrogen) atoms. The second-order valence-electron chi connectivity index (χ2n) is 4.72. The van der Waals surface area contributed by atoms with Gasteiger partial charge < -0.3 is 15.4 Å². The van der Waals surface area contributed by atoms with Crippen LogP contribution in [-0.4, -0.2) is 29.5 Å². The second kappa shape index (κ2) is 5.42. The maximum Gasteiger partial charge on any atom is 0.318 e. The first-order valence-corrected chi connectivity index (χ1v) is 6.86. The second-order valence-corrected chi connectivity index (χ2v) is 5.13. The van der Waals surface area contributed by atoms with Gasteiger partial charge in [0.1, 0.15) is 17.2 Å². The first-order valence-electron chi connectivity index (χ1n) is 6.48. The summed E-state index contributed by atoms with van der Waals surface area (Å²) < 4.78 is 18.5. The summed E-state index contributed by atoms with van der Waals surface area (Å²) in [6.45, 7) is 0.354. The van der Waals surface area contributed by atoms with E-state index < -0.39 is 5.82 Å². The first kappa shape index (κ1) is 14.5. The highest BCUT2D eigenvalue weighted by molar-refractivity contribution is 6.30. The number of benzene rings is 1. The highest BCUT2D eigenvalue weighted by Gasteiger charge is 2.30. The van der Waals surface area contributed by atoms with Gasteiger partial charge in [-0.25, -0.2) is 4.39 Å². The van der Waals surface area contributed by atoms with Crippen molar-refractivity contribution >= 4 is 29.0 Å². The van der Waals surface area contributed by atoms with Crippen LogP contribution in [0.2, 0.25) is 5.02 Å². The molecule has 3 rings (SSSR count). The van der Waals surface area contributed by atoms with Gasteiger partial charge in [0.2, 0.25) is 0 Å². The van der Waals surface area contributed by atoms with E-state index >= 15 is 0 Å². The lowest BCUT2D eigenvalue weighted by Crippen LogP contribution is -2.39. The maximum absolute atomic E-state index is 13.6. The molecule has 0 saturated heterocycles. The van der Waals surface area contributed by atoms with Crippen LogP contribution in [0.5, 0.6) is 6.01 Å². The molecular formula is C14H12ClFN4O2. The predicted octanol–water partition coefficient (Wildman–Crippen LogP) is 2.06. The van der Waals surface area contributed by atoms with E-state index in [0.29, 0.717) is 24.3 Å². The Kier molecular flexibility index (Phi) is 3.58. The van der Waals surface area contributed by atoms with Gasteiger partial charge in [-0.3, -0.25) is 4.79 Å². The number of fused-ring (bicyclic) bond motifs is 1. The van der Waals surface area contributed by atoms with Gasteiger partial charge in [0, 0.05) is 18.7 Å². The molecule has 0 fully saturated rings. The predicted molar refractivity (Wildman–Crippen MR) is 79.8 cm³/mol. The average Bonchev–Trinajstić information content (AvgIpc) is 2.50. The van der Waals surface area contributed by atoms with Gasteiger partial charge in [-0.15, -0.1) is 0 Å². The Morgan fingerprint density at radius 3 is 2.86 bits per heavy atom. The van der Waals surface area contributed by atoms with Gasteiger partial charge in [-0.05, 0) is 18.2 Å². The van der Waals surface area contributed by atoms with Crippen LogP contribution in [0, 0.1) is 5.82 Å². The fourth-order valence-corrected chi connectivity index (χ4v) is 2.48. The molecule has 1 aliphatic rings. The van der Waals surface area contributed by atoms with Crippen molar-refractivity contribution < 1.29 is 13.9 Å². The van der Waals surface area contributed by atoms with Crippen LogP contribution in [0.25, 0.3) is 0 Å². The molecule has 0 bridgehead atoms. The number of nitrogens with zero attached hydrogens (tertiary/aromatic N) is 3. The van der Waals surface area contributed by atoms with E-state index in [9.17, 15) is 9.18 Å². The third-order valence-electron chi connectivity index (χ3n) is 3.42. The topological polar surface area (TPSA) is 81.3 Å². The van der Waals surface area contributed by atoms with Crippen molar-refractivity contribution in [2.24, 2.45) is 0 Å². The molecule has 2 N–H and O–H groups in total. The Morgan fingerprint density at radius 2 is 2.18 bits per heavy atom. The van der Waals surface area contributed by atoms with E-state index in [2.05, 4.69) is 9.97 Å². The molecule has 2 heterocycles. The fraction of sp³-hybridized carbons (Fsp3) is 0.214. The summed E-state index contributed by atoms with van der Waals surface area (Å²) in [5, 5.41) is 0.00110. The molecule has 1 aromatic heterocycles. The minimum Gasteiger partial charge on any atom is -0.467 e. The summed E-state index contributed by atoms with van der Waals surface area (Å²) in [5.41, 5.74) is 6.99. The zero-order chi connectivity index (χ0) is 15.9. The summed E-state index contributed by atoms with van der Waals surface area (Å²) in [5.74, 6) is -0.911. The number of anilines is 2. The normalized spacial score (nSPS) is 14.0. The van der Waals surface area contributed by atoms with E-state index in [1.165, 1.54) is 24.1 Å². The number of carbonyl (C=O) groups excluding carboxylic acids is 1. The van der Waals surface area contributed by atoms with E-state index in [-0.39, 0.29) is 28.3 Å². The van der Waals surface area contributed by atoms with Crippen LogP contribution in [0.3, 0.4) is 0 Å². The number of rotatable bonds is 2. The lowest BCUT2D eigenvalue weighted by molar-refractivity contribution is 0.0980. The molecule has 0 aliphatic carbocycles. The van der Waals surface area contributed by atoms with Gasteiger partial charge in [0.05, 0.1) is 17.8 Å². The van der Waals surface area contributed by atoms with Crippen molar-refractivity contribution in [2.45, 2.75) is 6.42 Å². The van der Waals surface area contributed by atoms with Crippen LogP contribution in [0.4, 0.5) is 15.9 Å². The number of amides is 1. The molecule has 0 unspecified atom stereocenters. The minimum absolute atomic E-state index is 0.00110. The Balaban J connectivity index is 2.02. The largest absolute Gasteiger partial charge is 0.467 e. The number of nitrogen functional groups attached to an aromatic ring is 1. The van der Waals surface area contributed by atoms with Crippen molar-refractivity contribution in [3.05, 3.63) is 40.3 Å². The SMILES string of the molecule is COc1nc(N)c2c(n1)CCN(c1ccc(Cl)c(F)c1)C2=O. The number of ether oxygens (including phenoxy) is 1. The molecule has 2 aromatic rings. The zero-order valence-electron chi connectivity index (χ0n) is 11.6. The first-order chi connectivity index (χ1) is 10.5. The summed E-state index contributed by atoms with van der Waals surface area (Å²) in [4.78, 5) is 22.1. The van der Waals surface area contributed by atoms with Gasteiger partial charge in [-0.1, -0.05) is 11.6 Å². The van der Waals surface area contributed by atoms with E-state index in [1.54, 1.807) is 6.07 Å². The van der Waals surface area contributed by atoms with Crippen molar-refractivity contribution in [2.75, 3.05) is 24.3 Å². The fourth-order valence-electron chi connectivity index (χ4n) is 2.36. The Labute approximate surface area is 130 Å². The Bertz CT molecular complexity index is 769. The third-order valence-corrected chi connectivity index (χ3v) is 3.73. The maximum atomic E-state index is 13.6. The Morgan fingerprint density at radius 1 is 1.41 bits per heavy atom. The van der Waals surface area contributed by atoms with Crippen molar-refractivity contribution in [3.8, 4) is 6.01 Å². The van der Waals surface area contributed by atoms with Crippen LogP contribution in [0.1, 0.15) is 16.1 Å². The number of aromatic nitrogens is 2. The molecule has 1 aliphatic heterocycles. The number of nitrogens with two attached hydrogens (primary N) is 1. The molecule has 0 radical (unpaired) electrons. The molecule has 8 heteroatoms. The smallest absolute Gasteiger partial charge is 0.318 e. The highest BCUT2D eigenvalue weighted by atomic mass is 35.5. The molecule has 0 atom stereocenters. The van der Waals surface area contributed by atoms with Crippen LogP contribution in [-0.2, 0) is 6.42 Å². The molecule has 0 spiro atoms. The molecule has 1 aromatic carbocycles. The number of hydrogen-bond donors (Lipinski definition) is 1.